The van der Waals surface area contributed by atoms with Gasteiger partial charge in [-0.1, -0.05) is 23.4 Å². The van der Waals surface area contributed by atoms with E-state index < -0.39 is 5.60 Å². The summed E-state index contributed by atoms with van der Waals surface area (Å²) < 4.78 is 10.6. The summed E-state index contributed by atoms with van der Waals surface area (Å²) in [7, 11) is 1.60. The number of carbonyl (C=O) groups excluding carboxylic acids is 1. The molecule has 1 aliphatic rings. The summed E-state index contributed by atoms with van der Waals surface area (Å²) in [6.07, 6.45) is 1.28. The summed E-state index contributed by atoms with van der Waals surface area (Å²) in [4.78, 5) is 18.3. The van der Waals surface area contributed by atoms with E-state index in [4.69, 9.17) is 9.26 Å². The van der Waals surface area contributed by atoms with Gasteiger partial charge in [0.05, 0.1) is 0 Å². The minimum absolute atomic E-state index is 0.0736. The molecule has 1 aromatic carbocycles. The van der Waals surface area contributed by atoms with Crippen LogP contribution in [0.4, 0.5) is 5.69 Å². The fraction of sp³-hybridized carbons (Fsp3) is 0.438. The van der Waals surface area contributed by atoms with E-state index in [2.05, 4.69) is 10.1 Å². The normalized spacial score (nSPS) is 15.0. The Bertz CT molecular complexity index is 693. The number of nitrogens with zero attached hydrogens (tertiary/aromatic N) is 3. The average Bonchev–Trinajstić information content (AvgIpc) is 3.00. The van der Waals surface area contributed by atoms with E-state index in [0.29, 0.717) is 18.1 Å². The highest BCUT2D eigenvalue weighted by Gasteiger charge is 2.29. The van der Waals surface area contributed by atoms with Crippen LogP contribution in [0, 0.1) is 0 Å². The summed E-state index contributed by atoms with van der Waals surface area (Å²) in [5.74, 6) is 0.956. The first kappa shape index (κ1) is 14.7. The fourth-order valence-electron chi connectivity index (χ4n) is 2.46. The van der Waals surface area contributed by atoms with Crippen LogP contribution in [0.3, 0.4) is 0 Å². The van der Waals surface area contributed by atoms with E-state index in [9.17, 15) is 4.79 Å². The molecule has 0 saturated carbocycles. The van der Waals surface area contributed by atoms with Crippen molar-refractivity contribution in [1.82, 2.24) is 10.1 Å². The Kier molecular flexibility index (Phi) is 3.70. The Morgan fingerprint density at radius 1 is 1.32 bits per heavy atom. The first-order chi connectivity index (χ1) is 10.5. The molecule has 0 unspecified atom stereocenters. The maximum atomic E-state index is 12.2. The lowest BCUT2D eigenvalue weighted by atomic mass is 10.0. The number of anilines is 1. The Morgan fingerprint density at radius 3 is 2.86 bits per heavy atom. The minimum Gasteiger partial charge on any atom is -0.371 e. The number of hydrogen-bond donors (Lipinski definition) is 0. The fourth-order valence-corrected chi connectivity index (χ4v) is 2.46. The van der Waals surface area contributed by atoms with Gasteiger partial charge in [0.2, 0.25) is 17.6 Å². The highest BCUT2D eigenvalue weighted by Crippen LogP contribution is 2.29. The van der Waals surface area contributed by atoms with Crippen molar-refractivity contribution in [1.29, 1.82) is 0 Å². The number of hydrogen-bond acceptors (Lipinski definition) is 5. The zero-order chi connectivity index (χ0) is 15.7. The van der Waals surface area contributed by atoms with Gasteiger partial charge in [-0.25, -0.2) is 0 Å². The molecule has 0 N–H and O–H groups in total. The molecule has 0 bridgehead atoms. The Morgan fingerprint density at radius 2 is 2.09 bits per heavy atom. The van der Waals surface area contributed by atoms with Crippen LogP contribution < -0.4 is 4.90 Å². The number of rotatable bonds is 4. The molecule has 1 amide bonds. The third kappa shape index (κ3) is 2.62. The molecular weight excluding hydrogens is 282 g/mol. The maximum Gasteiger partial charge on any atom is 0.246 e. The number of aryl methyl sites for hydroxylation is 1. The summed E-state index contributed by atoms with van der Waals surface area (Å²) in [5.41, 5.74) is 1.47. The van der Waals surface area contributed by atoms with Crippen molar-refractivity contribution in [3.8, 4) is 0 Å². The number of ether oxygens (including phenoxy) is 1. The third-order valence-electron chi connectivity index (χ3n) is 4.00. The summed E-state index contributed by atoms with van der Waals surface area (Å²) in [5, 5.41) is 3.96. The maximum absolute atomic E-state index is 12.2. The van der Waals surface area contributed by atoms with Crippen LogP contribution in [-0.2, 0) is 28.1 Å². The van der Waals surface area contributed by atoms with Gasteiger partial charge in [-0.05, 0) is 31.9 Å². The highest BCUT2D eigenvalue weighted by molar-refractivity contribution is 5.96. The van der Waals surface area contributed by atoms with Gasteiger partial charge in [-0.15, -0.1) is 0 Å². The monoisotopic (exact) mass is 301 g/mol. The number of amides is 1. The Hall–Kier alpha value is -2.21. The van der Waals surface area contributed by atoms with Crippen LogP contribution in [0.25, 0.3) is 0 Å². The molecule has 2 heterocycles. The molecular formula is C16H19N3O3. The predicted molar refractivity (Wildman–Crippen MR) is 80.3 cm³/mol. The lowest BCUT2D eigenvalue weighted by Crippen LogP contribution is -2.34. The van der Waals surface area contributed by atoms with E-state index in [1.165, 1.54) is 5.56 Å². The molecule has 0 spiro atoms. The second-order valence-corrected chi connectivity index (χ2v) is 5.83. The first-order valence-electron chi connectivity index (χ1n) is 7.28. The molecule has 0 aliphatic carbocycles. The lowest BCUT2D eigenvalue weighted by Gasteiger charge is -2.28. The topological polar surface area (TPSA) is 68.5 Å². The van der Waals surface area contributed by atoms with Gasteiger partial charge in [-0.2, -0.15) is 4.98 Å². The molecule has 0 atom stereocenters. The van der Waals surface area contributed by atoms with Gasteiger partial charge in [0.1, 0.15) is 12.1 Å². The molecule has 1 aliphatic heterocycles. The number of benzene rings is 1. The van der Waals surface area contributed by atoms with E-state index in [1.54, 1.807) is 12.0 Å². The van der Waals surface area contributed by atoms with Crippen LogP contribution in [0.2, 0.25) is 0 Å². The Balaban J connectivity index is 1.86. The number of fused-ring (bicyclic) bond motifs is 1. The molecule has 1 aromatic heterocycles. The van der Waals surface area contributed by atoms with E-state index >= 15 is 0 Å². The molecule has 22 heavy (non-hydrogen) atoms. The highest BCUT2D eigenvalue weighted by atomic mass is 16.5. The molecule has 0 fully saturated rings. The predicted octanol–water partition coefficient (Wildman–Crippen LogP) is 2.43. The Labute approximate surface area is 129 Å². The first-order valence-corrected chi connectivity index (χ1v) is 7.28. The summed E-state index contributed by atoms with van der Waals surface area (Å²) in [6.45, 7) is 4.01. The standard InChI is InChI=1S/C16H19N3O3/c1-16(2,21-3)15-17-13(22-18-15)10-19-12-7-5-4-6-11(12)8-9-14(19)20/h4-7H,8-10H2,1-3H3. The number of aromatic nitrogens is 2. The summed E-state index contributed by atoms with van der Waals surface area (Å²) in [6, 6.07) is 7.90. The van der Waals surface area contributed by atoms with E-state index in [1.807, 2.05) is 38.1 Å². The van der Waals surface area contributed by atoms with Crippen molar-refractivity contribution >= 4 is 11.6 Å². The lowest BCUT2D eigenvalue weighted by molar-refractivity contribution is -0.119. The van der Waals surface area contributed by atoms with Gasteiger partial charge in [0.25, 0.3) is 0 Å². The number of carbonyl (C=O) groups is 1. The zero-order valence-corrected chi connectivity index (χ0v) is 13.0. The minimum atomic E-state index is -0.619. The number of para-hydroxylation sites is 1. The largest absolute Gasteiger partial charge is 0.371 e. The third-order valence-corrected chi connectivity index (χ3v) is 4.00. The molecule has 6 nitrogen and oxygen atoms in total. The van der Waals surface area contributed by atoms with Gasteiger partial charge < -0.3 is 14.2 Å². The molecule has 6 heteroatoms. The average molecular weight is 301 g/mol. The van der Waals surface area contributed by atoms with Crippen molar-refractivity contribution in [2.45, 2.75) is 38.8 Å². The van der Waals surface area contributed by atoms with Gasteiger partial charge in [0, 0.05) is 19.2 Å². The van der Waals surface area contributed by atoms with Crippen LogP contribution in [0.15, 0.2) is 28.8 Å². The van der Waals surface area contributed by atoms with Crippen molar-refractivity contribution in [2.75, 3.05) is 12.0 Å². The molecule has 0 saturated heterocycles. The molecule has 0 radical (unpaired) electrons. The van der Waals surface area contributed by atoms with Crippen LogP contribution in [0.5, 0.6) is 0 Å². The van der Waals surface area contributed by atoms with Crippen LogP contribution >= 0.6 is 0 Å². The van der Waals surface area contributed by atoms with E-state index in [-0.39, 0.29) is 12.5 Å². The smallest absolute Gasteiger partial charge is 0.246 e. The second-order valence-electron chi connectivity index (χ2n) is 5.83. The molecule has 2 aromatic rings. The van der Waals surface area contributed by atoms with Crippen molar-refractivity contribution in [2.24, 2.45) is 0 Å². The molecule has 116 valence electrons. The number of methoxy groups -OCH3 is 1. The summed E-state index contributed by atoms with van der Waals surface area (Å²) >= 11 is 0. The van der Waals surface area contributed by atoms with Crippen molar-refractivity contribution < 1.29 is 14.1 Å². The van der Waals surface area contributed by atoms with Gasteiger partial charge in [-0.3, -0.25) is 4.79 Å². The van der Waals surface area contributed by atoms with Gasteiger partial charge >= 0.3 is 0 Å². The van der Waals surface area contributed by atoms with Crippen LogP contribution in [0.1, 0.15) is 37.5 Å². The van der Waals surface area contributed by atoms with Crippen LogP contribution in [-0.4, -0.2) is 23.2 Å². The second kappa shape index (κ2) is 5.53. The molecule has 3 rings (SSSR count). The SMILES string of the molecule is COC(C)(C)c1noc(CN2C(=O)CCc3ccccc32)n1. The quantitative estimate of drug-likeness (QED) is 0.867. The van der Waals surface area contributed by atoms with Gasteiger partial charge in [0.15, 0.2) is 0 Å². The van der Waals surface area contributed by atoms with Crippen molar-refractivity contribution in [3.63, 3.8) is 0 Å². The zero-order valence-electron chi connectivity index (χ0n) is 13.0. The van der Waals surface area contributed by atoms with Crippen molar-refractivity contribution in [3.05, 3.63) is 41.5 Å². The van der Waals surface area contributed by atoms with E-state index in [0.717, 1.165) is 12.1 Å².